The number of para-hydroxylation sites is 1. The molecule has 1 aromatic carbocycles. The van der Waals surface area contributed by atoms with E-state index >= 15 is 0 Å². The maximum absolute atomic E-state index is 10.6. The largest absolute Gasteiger partial charge is 0.490 e. The van der Waals surface area contributed by atoms with Crippen LogP contribution in [0.1, 0.15) is 11.4 Å². The van der Waals surface area contributed by atoms with Crippen LogP contribution in [-0.4, -0.2) is 34.6 Å². The van der Waals surface area contributed by atoms with Gasteiger partial charge in [0.05, 0.1) is 0 Å². The Morgan fingerprint density at radius 1 is 1.29 bits per heavy atom. The van der Waals surface area contributed by atoms with Crippen LogP contribution in [0.25, 0.3) is 0 Å². The quantitative estimate of drug-likeness (QED) is 0.517. The smallest absolute Gasteiger partial charge is 0.390 e. The number of nitrogens with one attached hydrogen (secondary N) is 1. The number of anilines is 3. The van der Waals surface area contributed by atoms with Crippen LogP contribution < -0.4 is 11.1 Å². The van der Waals surface area contributed by atoms with Gasteiger partial charge in [0, 0.05) is 10.8 Å². The van der Waals surface area contributed by atoms with E-state index in [2.05, 4.69) is 30.4 Å². The number of hydrogen-bond donors (Lipinski definition) is 2. The highest BCUT2D eigenvalue weighted by atomic mass is 16.6. The summed E-state index contributed by atoms with van der Waals surface area (Å²) >= 11 is 0. The zero-order valence-electron chi connectivity index (χ0n) is 12.6. The Morgan fingerprint density at radius 3 is 2.79 bits per heavy atom. The molecule has 11 heteroatoms. The maximum Gasteiger partial charge on any atom is 0.490 e. The molecule has 0 radical (unpaired) electrons. The highest BCUT2D eigenvalue weighted by molar-refractivity contribution is 5.58. The number of aromatic nitrogens is 6. The number of nitrogens with two attached hydrogens (primary N) is 1. The average molecular weight is 327 g/mol. The fourth-order valence-corrected chi connectivity index (χ4v) is 1.99. The van der Waals surface area contributed by atoms with Gasteiger partial charge < -0.3 is 21.2 Å². The van der Waals surface area contributed by atoms with Crippen LogP contribution >= 0.6 is 0 Å². The van der Waals surface area contributed by atoms with Crippen molar-refractivity contribution in [3.05, 3.63) is 52.1 Å². The zero-order chi connectivity index (χ0) is 17.1. The Balaban J connectivity index is 1.83. The highest BCUT2D eigenvalue weighted by Gasteiger charge is 2.15. The summed E-state index contributed by atoms with van der Waals surface area (Å²) in [6.07, 6.45) is 1.23. The van der Waals surface area contributed by atoms with Gasteiger partial charge in [-0.05, 0) is 23.5 Å². The molecule has 0 atom stereocenters. The molecule has 0 spiro atoms. The van der Waals surface area contributed by atoms with Crippen molar-refractivity contribution >= 4 is 23.5 Å². The minimum Gasteiger partial charge on any atom is -0.390 e. The molecule has 0 saturated heterocycles. The predicted octanol–water partition coefficient (Wildman–Crippen LogP) is 1.05. The lowest BCUT2D eigenvalue weighted by Crippen LogP contribution is -2.11. The predicted molar refractivity (Wildman–Crippen MR) is 84.5 cm³/mol. The molecule has 2 aromatic heterocycles. The minimum absolute atomic E-state index is 0.0331. The zero-order valence-corrected chi connectivity index (χ0v) is 12.6. The van der Waals surface area contributed by atoms with E-state index in [4.69, 9.17) is 5.73 Å². The van der Waals surface area contributed by atoms with E-state index in [1.54, 1.807) is 0 Å². The summed E-state index contributed by atoms with van der Waals surface area (Å²) in [6.45, 7) is 2.03. The van der Waals surface area contributed by atoms with Crippen molar-refractivity contribution in [2.45, 2.75) is 13.5 Å². The molecule has 0 unspecified atom stereocenters. The first-order valence-corrected chi connectivity index (χ1v) is 6.88. The molecule has 0 aliphatic heterocycles. The molecule has 0 aliphatic carbocycles. The van der Waals surface area contributed by atoms with Crippen molar-refractivity contribution in [3.8, 4) is 0 Å². The van der Waals surface area contributed by atoms with Crippen molar-refractivity contribution in [3.63, 3.8) is 0 Å². The van der Waals surface area contributed by atoms with Crippen molar-refractivity contribution < 1.29 is 4.92 Å². The van der Waals surface area contributed by atoms with Gasteiger partial charge in [0.15, 0.2) is 5.82 Å². The summed E-state index contributed by atoms with van der Waals surface area (Å²) in [5, 5.41) is 17.4. The lowest BCUT2D eigenvalue weighted by Gasteiger charge is -2.09. The summed E-state index contributed by atoms with van der Waals surface area (Å²) in [7, 11) is 0. The van der Waals surface area contributed by atoms with Gasteiger partial charge >= 0.3 is 5.95 Å². The number of nitrogen functional groups attached to an aromatic ring is 1. The van der Waals surface area contributed by atoms with Crippen LogP contribution in [0.3, 0.4) is 0 Å². The maximum atomic E-state index is 10.6. The van der Waals surface area contributed by atoms with Crippen molar-refractivity contribution in [1.82, 2.24) is 29.7 Å². The first-order valence-electron chi connectivity index (χ1n) is 6.88. The van der Waals surface area contributed by atoms with Crippen LogP contribution in [0.2, 0.25) is 0 Å². The number of benzene rings is 1. The molecule has 0 aliphatic rings. The van der Waals surface area contributed by atoms with Crippen molar-refractivity contribution in [2.75, 3.05) is 11.1 Å². The van der Waals surface area contributed by atoms with Crippen LogP contribution in [0.15, 0.2) is 30.6 Å². The second-order valence-corrected chi connectivity index (χ2v) is 4.87. The van der Waals surface area contributed by atoms with E-state index in [-0.39, 0.29) is 18.4 Å². The van der Waals surface area contributed by atoms with Gasteiger partial charge in [0.1, 0.15) is 6.54 Å². The van der Waals surface area contributed by atoms with Gasteiger partial charge in [0.2, 0.25) is 18.2 Å². The fraction of sp³-hybridized carbons (Fsp3) is 0.154. The summed E-state index contributed by atoms with van der Waals surface area (Å²) in [5.41, 5.74) is 7.56. The van der Waals surface area contributed by atoms with Crippen LogP contribution in [-0.2, 0) is 6.54 Å². The summed E-state index contributed by atoms with van der Waals surface area (Å²) in [5.74, 6) is 0.126. The van der Waals surface area contributed by atoms with E-state index in [1.807, 2.05) is 31.2 Å². The topological polar surface area (TPSA) is 151 Å². The molecule has 11 nitrogen and oxygen atoms in total. The average Bonchev–Trinajstić information content (AvgIpc) is 2.98. The van der Waals surface area contributed by atoms with E-state index in [9.17, 15) is 10.1 Å². The molecule has 0 bridgehead atoms. The first kappa shape index (κ1) is 15.3. The Kier molecular flexibility index (Phi) is 3.97. The minimum atomic E-state index is -0.677. The van der Waals surface area contributed by atoms with Gasteiger partial charge in [-0.1, -0.05) is 23.2 Å². The standard InChI is InChI=1S/C13H13N9O2/c1-8-4-2-3-5-9(8)16-12-18-10(17-11(14)19-12)6-21-7-15-13(20-21)22(23)24/h2-5,7H,6H2,1H3,(H3,14,16,17,18,19). The van der Waals surface area contributed by atoms with Crippen LogP contribution in [0.5, 0.6) is 0 Å². The normalized spacial score (nSPS) is 10.5. The summed E-state index contributed by atoms with van der Waals surface area (Å²) in [4.78, 5) is 25.8. The van der Waals surface area contributed by atoms with E-state index in [1.165, 1.54) is 11.0 Å². The van der Waals surface area contributed by atoms with E-state index < -0.39 is 10.9 Å². The lowest BCUT2D eigenvalue weighted by atomic mass is 10.2. The Hall–Kier alpha value is -3.63. The molecule has 24 heavy (non-hydrogen) atoms. The molecule has 2 heterocycles. The van der Waals surface area contributed by atoms with Crippen LogP contribution in [0.4, 0.5) is 23.5 Å². The van der Waals surface area contributed by atoms with Gasteiger partial charge in [-0.3, -0.25) is 0 Å². The molecule has 3 aromatic rings. The Morgan fingerprint density at radius 2 is 2.08 bits per heavy atom. The number of hydrogen-bond acceptors (Lipinski definition) is 9. The van der Waals surface area contributed by atoms with Crippen molar-refractivity contribution in [1.29, 1.82) is 0 Å². The molecule has 3 N–H and O–H groups in total. The SMILES string of the molecule is Cc1ccccc1Nc1nc(N)nc(Cn2cnc([N+](=O)[O-])n2)n1. The highest BCUT2D eigenvalue weighted by Crippen LogP contribution is 2.17. The third kappa shape index (κ3) is 3.40. The molecule has 0 amide bonds. The molecule has 3 rings (SSSR count). The lowest BCUT2D eigenvalue weighted by molar-refractivity contribution is -0.394. The van der Waals surface area contributed by atoms with E-state index in [0.29, 0.717) is 5.82 Å². The first-order chi connectivity index (χ1) is 11.5. The number of aryl methyl sites for hydroxylation is 1. The summed E-state index contributed by atoms with van der Waals surface area (Å²) < 4.78 is 1.25. The third-order valence-corrected chi connectivity index (χ3v) is 3.08. The molecule has 122 valence electrons. The monoisotopic (exact) mass is 327 g/mol. The number of rotatable bonds is 5. The van der Waals surface area contributed by atoms with E-state index in [0.717, 1.165) is 11.3 Å². The Bertz CT molecular complexity index is 893. The van der Waals surface area contributed by atoms with Crippen molar-refractivity contribution in [2.24, 2.45) is 0 Å². The number of nitrogens with zero attached hydrogens (tertiary/aromatic N) is 7. The third-order valence-electron chi connectivity index (χ3n) is 3.08. The number of nitro groups is 1. The van der Waals surface area contributed by atoms with Gasteiger partial charge in [0.25, 0.3) is 0 Å². The second-order valence-electron chi connectivity index (χ2n) is 4.87. The fourth-order valence-electron chi connectivity index (χ4n) is 1.99. The van der Waals surface area contributed by atoms with Crippen LogP contribution in [0, 0.1) is 17.0 Å². The Labute approximate surface area is 135 Å². The molecule has 0 saturated carbocycles. The van der Waals surface area contributed by atoms with Gasteiger partial charge in [-0.25, -0.2) is 0 Å². The molecular formula is C13H13N9O2. The summed E-state index contributed by atoms with van der Waals surface area (Å²) in [6, 6.07) is 7.64. The second kappa shape index (κ2) is 6.24. The van der Waals surface area contributed by atoms with Gasteiger partial charge in [-0.15, -0.1) is 0 Å². The van der Waals surface area contributed by atoms with Gasteiger partial charge in [-0.2, -0.15) is 19.6 Å². The molecular weight excluding hydrogens is 314 g/mol. The molecule has 0 fully saturated rings.